The molecule has 0 unspecified atom stereocenters. The Labute approximate surface area is 175 Å². The zero-order chi connectivity index (χ0) is 20.9. The molecule has 1 N–H and O–H groups in total. The van der Waals surface area contributed by atoms with E-state index in [1.165, 1.54) is 6.08 Å². The highest BCUT2D eigenvalue weighted by Gasteiger charge is 2.38. The van der Waals surface area contributed by atoms with E-state index in [4.69, 9.17) is 28.8 Å². The standard InChI is InChI=1S/C21H30O7S/c1-3-8-27-20(23)19-14-18(16-6-13-29-15-16)17(21(28-19)26-4-2)5-9-24-11-12-25-10-7-22/h3,6,13-15,17-18,21-22H,1,4-5,7-12H2,2H3/t17-,18+,21+/m0/s1. The van der Waals surface area contributed by atoms with E-state index in [-0.39, 0.29) is 30.8 Å². The second kappa shape index (κ2) is 13.5. The summed E-state index contributed by atoms with van der Waals surface area (Å²) in [6.45, 7) is 7.73. The maximum Gasteiger partial charge on any atom is 0.373 e. The fourth-order valence-electron chi connectivity index (χ4n) is 3.08. The smallest absolute Gasteiger partial charge is 0.373 e. The van der Waals surface area contributed by atoms with E-state index >= 15 is 0 Å². The summed E-state index contributed by atoms with van der Waals surface area (Å²) in [4.78, 5) is 12.3. The molecule has 0 aromatic carbocycles. The minimum Gasteiger partial charge on any atom is -0.457 e. The van der Waals surface area contributed by atoms with Crippen LogP contribution in [0.4, 0.5) is 0 Å². The highest BCUT2D eigenvalue weighted by molar-refractivity contribution is 7.08. The first-order chi connectivity index (χ1) is 14.2. The average Bonchev–Trinajstić information content (AvgIpc) is 3.26. The number of allylic oxidation sites excluding steroid dienone is 1. The highest BCUT2D eigenvalue weighted by atomic mass is 32.1. The van der Waals surface area contributed by atoms with E-state index in [1.54, 1.807) is 11.3 Å². The summed E-state index contributed by atoms with van der Waals surface area (Å²) < 4.78 is 27.7. The number of rotatable bonds is 14. The Balaban J connectivity index is 2.07. The van der Waals surface area contributed by atoms with Gasteiger partial charge in [0.05, 0.1) is 26.4 Å². The molecule has 1 aromatic rings. The first kappa shape index (κ1) is 23.6. The molecule has 1 aliphatic heterocycles. The van der Waals surface area contributed by atoms with Crippen molar-refractivity contribution in [3.05, 3.63) is 46.9 Å². The number of aliphatic hydroxyl groups is 1. The monoisotopic (exact) mass is 426 g/mol. The quantitative estimate of drug-likeness (QED) is 0.278. The maximum absolute atomic E-state index is 12.3. The SMILES string of the molecule is C=CCOC(=O)C1=C[C@H](c2ccsc2)[C@H](CCOCCOCCO)[C@H](OCC)O1. The molecule has 8 heteroatoms. The molecule has 29 heavy (non-hydrogen) atoms. The van der Waals surface area contributed by atoms with Gasteiger partial charge in [-0.15, -0.1) is 0 Å². The van der Waals surface area contributed by atoms with Gasteiger partial charge in [-0.1, -0.05) is 12.7 Å². The van der Waals surface area contributed by atoms with Crippen LogP contribution in [0.15, 0.2) is 41.3 Å². The molecule has 2 rings (SSSR count). The molecule has 0 amide bonds. The number of aliphatic hydroxyl groups excluding tert-OH is 1. The molecule has 0 bridgehead atoms. The van der Waals surface area contributed by atoms with Crippen molar-refractivity contribution in [3.8, 4) is 0 Å². The van der Waals surface area contributed by atoms with Crippen molar-refractivity contribution in [1.82, 2.24) is 0 Å². The zero-order valence-corrected chi connectivity index (χ0v) is 17.6. The van der Waals surface area contributed by atoms with Gasteiger partial charge in [-0.2, -0.15) is 11.3 Å². The van der Waals surface area contributed by atoms with Gasteiger partial charge in [0, 0.05) is 25.0 Å². The van der Waals surface area contributed by atoms with Gasteiger partial charge >= 0.3 is 5.97 Å². The Morgan fingerprint density at radius 1 is 1.31 bits per heavy atom. The summed E-state index contributed by atoms with van der Waals surface area (Å²) >= 11 is 1.60. The molecular formula is C21H30O7S. The maximum atomic E-state index is 12.3. The van der Waals surface area contributed by atoms with E-state index in [9.17, 15) is 4.79 Å². The van der Waals surface area contributed by atoms with Gasteiger partial charge in [0.1, 0.15) is 6.61 Å². The number of ether oxygens (including phenoxy) is 5. The van der Waals surface area contributed by atoms with Gasteiger partial charge in [-0.05, 0) is 41.8 Å². The topological polar surface area (TPSA) is 83.5 Å². The summed E-state index contributed by atoms with van der Waals surface area (Å²) in [6.07, 6.45) is 3.45. The fraction of sp³-hybridized carbons (Fsp3) is 0.571. The number of carbonyl (C=O) groups excluding carboxylic acids is 1. The van der Waals surface area contributed by atoms with Gasteiger partial charge in [0.2, 0.25) is 12.0 Å². The minimum absolute atomic E-state index is 0.00166. The Bertz CT molecular complexity index is 629. The molecule has 1 aliphatic rings. The van der Waals surface area contributed by atoms with Crippen LogP contribution in [0, 0.1) is 5.92 Å². The second-order valence-corrected chi connectivity index (χ2v) is 7.12. The predicted octanol–water partition coefficient (Wildman–Crippen LogP) is 2.87. The van der Waals surface area contributed by atoms with Crippen LogP contribution in [-0.2, 0) is 28.5 Å². The number of carbonyl (C=O) groups is 1. The summed E-state index contributed by atoms with van der Waals surface area (Å²) in [7, 11) is 0. The molecule has 0 saturated carbocycles. The highest BCUT2D eigenvalue weighted by Crippen LogP contribution is 2.39. The lowest BCUT2D eigenvalue weighted by molar-refractivity contribution is -0.176. The molecule has 0 radical (unpaired) electrons. The lowest BCUT2D eigenvalue weighted by Crippen LogP contribution is -2.37. The molecule has 0 saturated heterocycles. The molecule has 0 fully saturated rings. The molecule has 0 spiro atoms. The van der Waals surface area contributed by atoms with Crippen LogP contribution in [0.1, 0.15) is 24.8 Å². The van der Waals surface area contributed by atoms with E-state index in [0.29, 0.717) is 39.5 Å². The van der Waals surface area contributed by atoms with Gasteiger partial charge in [-0.25, -0.2) is 4.79 Å². The van der Waals surface area contributed by atoms with Crippen molar-refractivity contribution in [2.45, 2.75) is 25.6 Å². The molecule has 7 nitrogen and oxygen atoms in total. The average molecular weight is 427 g/mol. The van der Waals surface area contributed by atoms with Crippen LogP contribution in [0.25, 0.3) is 0 Å². The number of hydrogen-bond acceptors (Lipinski definition) is 8. The van der Waals surface area contributed by atoms with Crippen molar-refractivity contribution in [2.75, 3.05) is 46.2 Å². The third kappa shape index (κ3) is 7.56. The third-order valence-corrected chi connectivity index (χ3v) is 5.08. The lowest BCUT2D eigenvalue weighted by Gasteiger charge is -2.36. The van der Waals surface area contributed by atoms with Crippen LogP contribution < -0.4 is 0 Å². The van der Waals surface area contributed by atoms with Crippen molar-refractivity contribution >= 4 is 17.3 Å². The first-order valence-electron chi connectivity index (χ1n) is 9.77. The molecule has 0 aliphatic carbocycles. The summed E-state index contributed by atoms with van der Waals surface area (Å²) in [6, 6.07) is 2.05. The number of hydrogen-bond donors (Lipinski definition) is 1. The fourth-order valence-corrected chi connectivity index (χ4v) is 3.79. The van der Waals surface area contributed by atoms with Crippen LogP contribution in [0.2, 0.25) is 0 Å². The Morgan fingerprint density at radius 2 is 2.10 bits per heavy atom. The zero-order valence-electron chi connectivity index (χ0n) is 16.8. The Kier molecular flexibility index (Phi) is 11.0. The molecule has 3 atom stereocenters. The van der Waals surface area contributed by atoms with Crippen LogP contribution in [0.5, 0.6) is 0 Å². The van der Waals surface area contributed by atoms with Crippen molar-refractivity contribution in [1.29, 1.82) is 0 Å². The molecule has 2 heterocycles. The lowest BCUT2D eigenvalue weighted by atomic mass is 9.82. The van der Waals surface area contributed by atoms with E-state index in [2.05, 4.69) is 12.0 Å². The predicted molar refractivity (Wildman–Crippen MR) is 110 cm³/mol. The molecular weight excluding hydrogens is 396 g/mol. The third-order valence-electron chi connectivity index (χ3n) is 4.38. The van der Waals surface area contributed by atoms with Gasteiger partial charge in [0.25, 0.3) is 0 Å². The van der Waals surface area contributed by atoms with Gasteiger partial charge in [0.15, 0.2) is 0 Å². The van der Waals surface area contributed by atoms with Crippen LogP contribution >= 0.6 is 11.3 Å². The summed E-state index contributed by atoms with van der Waals surface area (Å²) in [5.41, 5.74) is 1.10. The van der Waals surface area contributed by atoms with Gasteiger partial charge in [-0.3, -0.25) is 0 Å². The Hall–Kier alpha value is -1.71. The van der Waals surface area contributed by atoms with Crippen molar-refractivity contribution in [2.24, 2.45) is 5.92 Å². The van der Waals surface area contributed by atoms with Crippen molar-refractivity contribution in [3.63, 3.8) is 0 Å². The van der Waals surface area contributed by atoms with Crippen LogP contribution in [0.3, 0.4) is 0 Å². The normalized spacial score (nSPS) is 21.3. The largest absolute Gasteiger partial charge is 0.457 e. The first-order valence-corrected chi connectivity index (χ1v) is 10.7. The van der Waals surface area contributed by atoms with E-state index in [1.807, 2.05) is 24.4 Å². The number of esters is 1. The van der Waals surface area contributed by atoms with Crippen molar-refractivity contribution < 1.29 is 33.6 Å². The minimum atomic E-state index is -0.574. The van der Waals surface area contributed by atoms with Gasteiger partial charge < -0.3 is 28.8 Å². The second-order valence-electron chi connectivity index (χ2n) is 6.34. The Morgan fingerprint density at radius 3 is 2.76 bits per heavy atom. The summed E-state index contributed by atoms with van der Waals surface area (Å²) in [5.74, 6) is -0.424. The summed E-state index contributed by atoms with van der Waals surface area (Å²) in [5, 5.41) is 12.8. The van der Waals surface area contributed by atoms with E-state index < -0.39 is 12.3 Å². The van der Waals surface area contributed by atoms with Crippen LogP contribution in [-0.4, -0.2) is 63.6 Å². The molecule has 162 valence electrons. The van der Waals surface area contributed by atoms with E-state index in [0.717, 1.165) is 5.56 Å². The number of thiophene rings is 1. The molecule has 1 aromatic heterocycles.